The van der Waals surface area contributed by atoms with Crippen LogP contribution in [0.25, 0.3) is 10.9 Å². The Morgan fingerprint density at radius 1 is 1.10 bits per heavy atom. The van der Waals surface area contributed by atoms with Gasteiger partial charge < -0.3 is 29.5 Å². The molecule has 4 heterocycles. The standard InChI is InChI=1S/C29H34BrN7O3/c1-4-28(39)37-16-22(17-37)32-27(38)19-36-18-24(23-13-21(30)6-7-25(23)36)29(40)35-11-9-34(10-12-35)26-8-5-20(14-31-26)15-33(2)3/h4-8,13-14,18,22H,1,9-12,15-17,19H2,2-3H3,(H,32,38). The number of carbonyl (C=O) groups is 3. The van der Waals surface area contributed by atoms with Gasteiger partial charge in [-0.05, 0) is 50.0 Å². The molecule has 0 radical (unpaired) electrons. The van der Waals surface area contributed by atoms with Crippen LogP contribution in [0.2, 0.25) is 0 Å². The molecule has 0 saturated carbocycles. The number of carbonyl (C=O) groups excluding carboxylic acids is 3. The van der Waals surface area contributed by atoms with Crippen molar-refractivity contribution in [2.24, 2.45) is 0 Å². The van der Waals surface area contributed by atoms with Crippen molar-refractivity contribution in [2.75, 3.05) is 58.3 Å². The van der Waals surface area contributed by atoms with E-state index in [9.17, 15) is 14.4 Å². The number of likely N-dealkylation sites (tertiary alicyclic amines) is 1. The van der Waals surface area contributed by atoms with Crippen LogP contribution in [0.1, 0.15) is 15.9 Å². The van der Waals surface area contributed by atoms with Crippen molar-refractivity contribution in [3.63, 3.8) is 0 Å². The average Bonchev–Trinajstić information content (AvgIpc) is 3.26. The normalized spacial score (nSPS) is 15.8. The molecule has 0 atom stereocenters. The number of halogens is 1. The minimum absolute atomic E-state index is 0.0474. The summed E-state index contributed by atoms with van der Waals surface area (Å²) in [6.45, 7) is 7.94. The number of anilines is 1. The highest BCUT2D eigenvalue weighted by atomic mass is 79.9. The Bertz CT molecular complexity index is 1420. The highest BCUT2D eigenvalue weighted by Crippen LogP contribution is 2.27. The molecular weight excluding hydrogens is 574 g/mol. The van der Waals surface area contributed by atoms with Gasteiger partial charge in [-0.1, -0.05) is 28.6 Å². The molecular formula is C29H34BrN7O3. The Labute approximate surface area is 242 Å². The number of benzene rings is 1. The Hall–Kier alpha value is -3.70. The van der Waals surface area contributed by atoms with E-state index in [1.807, 2.05) is 54.0 Å². The summed E-state index contributed by atoms with van der Waals surface area (Å²) in [4.78, 5) is 50.6. The van der Waals surface area contributed by atoms with E-state index >= 15 is 0 Å². The number of pyridine rings is 1. The summed E-state index contributed by atoms with van der Waals surface area (Å²) < 4.78 is 2.69. The Morgan fingerprint density at radius 2 is 1.85 bits per heavy atom. The van der Waals surface area contributed by atoms with Gasteiger partial charge in [0, 0.05) is 73.6 Å². The molecule has 3 aromatic rings. The van der Waals surface area contributed by atoms with Gasteiger partial charge >= 0.3 is 0 Å². The number of rotatable bonds is 8. The van der Waals surface area contributed by atoms with Crippen molar-refractivity contribution in [1.29, 1.82) is 0 Å². The third-order valence-electron chi connectivity index (χ3n) is 7.32. The second kappa shape index (κ2) is 11.8. The summed E-state index contributed by atoms with van der Waals surface area (Å²) in [6, 6.07) is 9.82. The molecule has 2 fully saturated rings. The lowest BCUT2D eigenvalue weighted by Crippen LogP contribution is -2.61. The van der Waals surface area contributed by atoms with Crippen molar-refractivity contribution in [3.05, 3.63) is 71.0 Å². The molecule has 2 aliphatic heterocycles. The van der Waals surface area contributed by atoms with Gasteiger partial charge in [-0.15, -0.1) is 0 Å². The van der Waals surface area contributed by atoms with Gasteiger partial charge in [-0.3, -0.25) is 14.4 Å². The van der Waals surface area contributed by atoms with Crippen molar-refractivity contribution in [1.82, 2.24) is 29.6 Å². The lowest BCUT2D eigenvalue weighted by molar-refractivity contribution is -0.133. The molecule has 3 amide bonds. The first kappa shape index (κ1) is 27.9. The van der Waals surface area contributed by atoms with E-state index in [4.69, 9.17) is 0 Å². The summed E-state index contributed by atoms with van der Waals surface area (Å²) in [5.74, 6) is 0.580. The molecule has 2 aliphatic rings. The van der Waals surface area contributed by atoms with Crippen LogP contribution in [-0.4, -0.2) is 101 Å². The quantitative estimate of drug-likeness (QED) is 0.395. The van der Waals surface area contributed by atoms with Crippen LogP contribution < -0.4 is 10.2 Å². The first-order valence-electron chi connectivity index (χ1n) is 13.3. The zero-order chi connectivity index (χ0) is 28.4. The summed E-state index contributed by atoms with van der Waals surface area (Å²) in [6.07, 6.45) is 4.98. The third-order valence-corrected chi connectivity index (χ3v) is 7.81. The maximum atomic E-state index is 13.7. The fourth-order valence-electron chi connectivity index (χ4n) is 5.25. The number of nitrogens with one attached hydrogen (secondary N) is 1. The monoisotopic (exact) mass is 607 g/mol. The van der Waals surface area contributed by atoms with Crippen LogP contribution >= 0.6 is 15.9 Å². The highest BCUT2D eigenvalue weighted by molar-refractivity contribution is 9.10. The second-order valence-corrected chi connectivity index (χ2v) is 11.5. The predicted octanol–water partition coefficient (Wildman–Crippen LogP) is 2.34. The molecule has 0 aliphatic carbocycles. The van der Waals surface area contributed by atoms with E-state index in [-0.39, 0.29) is 30.3 Å². The third kappa shape index (κ3) is 6.05. The zero-order valence-corrected chi connectivity index (χ0v) is 24.4. The minimum atomic E-state index is -0.160. The molecule has 1 N–H and O–H groups in total. The van der Waals surface area contributed by atoms with Crippen LogP contribution in [0.3, 0.4) is 0 Å². The molecule has 5 rings (SSSR count). The first-order chi connectivity index (χ1) is 19.2. The van der Waals surface area contributed by atoms with Crippen molar-refractivity contribution >= 4 is 50.4 Å². The Balaban J connectivity index is 1.24. The molecule has 40 heavy (non-hydrogen) atoms. The Kier molecular flexibility index (Phi) is 8.22. The van der Waals surface area contributed by atoms with Gasteiger partial charge in [-0.2, -0.15) is 0 Å². The van der Waals surface area contributed by atoms with Gasteiger partial charge in [0.05, 0.1) is 11.6 Å². The van der Waals surface area contributed by atoms with Gasteiger partial charge in [0.25, 0.3) is 5.91 Å². The van der Waals surface area contributed by atoms with E-state index in [1.165, 1.54) is 6.08 Å². The van der Waals surface area contributed by atoms with Crippen LogP contribution in [0.15, 0.2) is 59.9 Å². The van der Waals surface area contributed by atoms with E-state index in [0.29, 0.717) is 44.8 Å². The van der Waals surface area contributed by atoms with Crippen molar-refractivity contribution in [2.45, 2.75) is 19.1 Å². The fourth-order valence-corrected chi connectivity index (χ4v) is 5.61. The van der Waals surface area contributed by atoms with Crippen LogP contribution in [0, 0.1) is 0 Å². The zero-order valence-electron chi connectivity index (χ0n) is 22.8. The summed E-state index contributed by atoms with van der Waals surface area (Å²) in [7, 11) is 4.07. The van der Waals surface area contributed by atoms with Crippen LogP contribution in [0.4, 0.5) is 5.82 Å². The van der Waals surface area contributed by atoms with Crippen molar-refractivity contribution < 1.29 is 14.4 Å². The smallest absolute Gasteiger partial charge is 0.256 e. The molecule has 0 unspecified atom stereocenters. The maximum Gasteiger partial charge on any atom is 0.256 e. The van der Waals surface area contributed by atoms with Crippen molar-refractivity contribution in [3.8, 4) is 0 Å². The van der Waals surface area contributed by atoms with Gasteiger partial charge in [0.1, 0.15) is 12.4 Å². The molecule has 11 heteroatoms. The van der Waals surface area contributed by atoms with E-state index < -0.39 is 0 Å². The lowest BCUT2D eigenvalue weighted by atomic mass is 10.1. The minimum Gasteiger partial charge on any atom is -0.353 e. The summed E-state index contributed by atoms with van der Waals surface area (Å²) in [5.41, 5.74) is 2.56. The van der Waals surface area contributed by atoms with E-state index in [0.717, 1.165) is 33.3 Å². The maximum absolute atomic E-state index is 13.7. The second-order valence-electron chi connectivity index (χ2n) is 10.6. The fraction of sp³-hybridized carbons (Fsp3) is 0.379. The first-order valence-corrected chi connectivity index (χ1v) is 14.1. The van der Waals surface area contributed by atoms with Gasteiger partial charge in [-0.25, -0.2) is 4.98 Å². The molecule has 210 valence electrons. The molecule has 0 bridgehead atoms. The van der Waals surface area contributed by atoms with E-state index in [2.05, 4.69) is 48.7 Å². The summed E-state index contributed by atoms with van der Waals surface area (Å²) in [5, 5.41) is 3.78. The molecule has 0 spiro atoms. The average molecular weight is 609 g/mol. The molecule has 2 saturated heterocycles. The molecule has 2 aromatic heterocycles. The predicted molar refractivity (Wildman–Crippen MR) is 158 cm³/mol. The number of nitrogens with zero attached hydrogens (tertiary/aromatic N) is 6. The number of hydrogen-bond donors (Lipinski definition) is 1. The summed E-state index contributed by atoms with van der Waals surface area (Å²) >= 11 is 3.53. The molecule has 1 aromatic carbocycles. The topological polar surface area (TPSA) is 94.0 Å². The lowest BCUT2D eigenvalue weighted by Gasteiger charge is -2.38. The molecule has 10 nitrogen and oxygen atoms in total. The largest absolute Gasteiger partial charge is 0.353 e. The van der Waals surface area contributed by atoms with Gasteiger partial charge in [0.2, 0.25) is 11.8 Å². The SMILES string of the molecule is C=CC(=O)N1CC(NC(=O)Cn2cc(C(=O)N3CCN(c4ccc(CN(C)C)cn4)CC3)c3cc(Br)ccc32)C1. The highest BCUT2D eigenvalue weighted by Gasteiger charge is 2.31. The number of fused-ring (bicyclic) bond motifs is 1. The Morgan fingerprint density at radius 3 is 2.50 bits per heavy atom. The number of hydrogen-bond acceptors (Lipinski definition) is 6. The number of aromatic nitrogens is 2. The number of amides is 3. The van der Waals surface area contributed by atoms with Gasteiger partial charge in [0.15, 0.2) is 0 Å². The van der Waals surface area contributed by atoms with Crippen LogP contribution in [0.5, 0.6) is 0 Å². The number of piperazine rings is 1. The van der Waals surface area contributed by atoms with E-state index in [1.54, 1.807) is 11.1 Å². The van der Waals surface area contributed by atoms with Crippen LogP contribution in [-0.2, 0) is 22.7 Å².